The average molecular weight is 499 g/mol. The van der Waals surface area contributed by atoms with E-state index in [1.165, 1.54) is 17.7 Å². The Morgan fingerprint density at radius 1 is 1.07 bits per heavy atom. The lowest BCUT2D eigenvalue weighted by Crippen LogP contribution is -2.11. The highest BCUT2D eigenvalue weighted by Gasteiger charge is 2.18. The van der Waals surface area contributed by atoms with Crippen molar-refractivity contribution in [2.45, 2.75) is 0 Å². The molecule has 3 heterocycles. The van der Waals surface area contributed by atoms with Crippen LogP contribution in [-0.4, -0.2) is 37.0 Å². The van der Waals surface area contributed by atoms with Crippen molar-refractivity contribution in [3.05, 3.63) is 70.6 Å². The first-order valence-corrected chi connectivity index (χ1v) is 10.9. The Kier molecular flexibility index (Phi) is 4.93. The highest BCUT2D eigenvalue weighted by molar-refractivity contribution is 9.10. The van der Waals surface area contributed by atoms with Gasteiger partial charge < -0.3 is 4.90 Å². The van der Waals surface area contributed by atoms with Gasteiger partial charge in [-0.2, -0.15) is 5.10 Å². The molecule has 0 amide bonds. The van der Waals surface area contributed by atoms with Crippen LogP contribution in [0.5, 0.6) is 0 Å². The summed E-state index contributed by atoms with van der Waals surface area (Å²) in [4.78, 5) is 10.8. The number of nitrogens with zero attached hydrogens (tertiary/aromatic N) is 7. The summed E-state index contributed by atoms with van der Waals surface area (Å²) in [6.45, 7) is 0. The number of anilines is 2. The Morgan fingerprint density at radius 3 is 2.70 bits per heavy atom. The summed E-state index contributed by atoms with van der Waals surface area (Å²) in [7, 11) is 1.91. The summed E-state index contributed by atoms with van der Waals surface area (Å²) in [5, 5.41) is 16.2. The molecule has 148 valence electrons. The highest BCUT2D eigenvalue weighted by Crippen LogP contribution is 2.34. The minimum absolute atomic E-state index is 0.636. The van der Waals surface area contributed by atoms with E-state index in [9.17, 15) is 0 Å². The van der Waals surface area contributed by atoms with Crippen LogP contribution >= 0.6 is 38.9 Å². The molecule has 2 aromatic carbocycles. The predicted molar refractivity (Wildman–Crippen MR) is 123 cm³/mol. The topological polar surface area (TPSA) is 72.6 Å². The van der Waals surface area contributed by atoms with Crippen molar-refractivity contribution in [2.75, 3.05) is 11.9 Å². The molecule has 0 saturated heterocycles. The Balaban J connectivity index is 1.53. The molecule has 0 aliphatic rings. The number of rotatable bonds is 4. The molecule has 0 bridgehead atoms. The fraction of sp³-hybridized carbons (Fsp3) is 0.0500. The van der Waals surface area contributed by atoms with Crippen LogP contribution < -0.4 is 4.90 Å². The molecular formula is C20H13BrClN7S. The SMILES string of the molecule is CN(c1nnc(-c2ccc(Br)cc2)s1)c1ncnc2c1cnn2-c1cccc(Cl)c1. The number of hydrogen-bond acceptors (Lipinski definition) is 7. The smallest absolute Gasteiger partial charge is 0.213 e. The number of fused-ring (bicyclic) bond motifs is 1. The maximum atomic E-state index is 6.14. The van der Waals surface area contributed by atoms with Crippen LogP contribution in [-0.2, 0) is 0 Å². The first-order valence-electron chi connectivity index (χ1n) is 8.88. The van der Waals surface area contributed by atoms with Crippen LogP contribution in [0.1, 0.15) is 0 Å². The Bertz CT molecular complexity index is 1350. The van der Waals surface area contributed by atoms with Gasteiger partial charge in [0.1, 0.15) is 17.2 Å². The third-order valence-electron chi connectivity index (χ3n) is 4.51. The Hall–Kier alpha value is -2.88. The predicted octanol–water partition coefficient (Wildman–Crippen LogP) is 5.52. The number of benzene rings is 2. The van der Waals surface area contributed by atoms with E-state index in [4.69, 9.17) is 11.6 Å². The van der Waals surface area contributed by atoms with E-state index in [0.717, 1.165) is 31.2 Å². The molecule has 0 atom stereocenters. The van der Waals surface area contributed by atoms with Gasteiger partial charge in [-0.15, -0.1) is 10.2 Å². The van der Waals surface area contributed by atoms with E-state index < -0.39 is 0 Å². The molecule has 0 saturated carbocycles. The zero-order chi connectivity index (χ0) is 20.7. The summed E-state index contributed by atoms with van der Waals surface area (Å²) >= 11 is 11.1. The summed E-state index contributed by atoms with van der Waals surface area (Å²) in [5.74, 6) is 0.701. The summed E-state index contributed by atoms with van der Waals surface area (Å²) in [6.07, 6.45) is 3.27. The van der Waals surface area contributed by atoms with Gasteiger partial charge in [-0.1, -0.05) is 57.1 Å². The zero-order valence-electron chi connectivity index (χ0n) is 15.6. The van der Waals surface area contributed by atoms with E-state index >= 15 is 0 Å². The third-order valence-corrected chi connectivity index (χ3v) is 6.32. The van der Waals surface area contributed by atoms with Gasteiger partial charge in [-0.25, -0.2) is 14.6 Å². The molecular weight excluding hydrogens is 486 g/mol. The van der Waals surface area contributed by atoms with Gasteiger partial charge in [-0.3, -0.25) is 0 Å². The lowest BCUT2D eigenvalue weighted by Gasteiger charge is -2.14. The fourth-order valence-corrected chi connectivity index (χ4v) is 4.31. The van der Waals surface area contributed by atoms with Crippen LogP contribution in [0, 0.1) is 0 Å². The largest absolute Gasteiger partial charge is 0.303 e. The van der Waals surface area contributed by atoms with Crippen LogP contribution in [0.3, 0.4) is 0 Å². The van der Waals surface area contributed by atoms with Gasteiger partial charge in [0.15, 0.2) is 5.65 Å². The van der Waals surface area contributed by atoms with E-state index in [1.54, 1.807) is 10.9 Å². The summed E-state index contributed by atoms with van der Waals surface area (Å²) in [6, 6.07) is 15.5. The third kappa shape index (κ3) is 3.45. The second-order valence-electron chi connectivity index (χ2n) is 6.43. The van der Waals surface area contributed by atoms with Gasteiger partial charge >= 0.3 is 0 Å². The van der Waals surface area contributed by atoms with Crippen molar-refractivity contribution in [3.63, 3.8) is 0 Å². The molecule has 3 aromatic heterocycles. The first kappa shape index (κ1) is 19.1. The van der Waals surface area contributed by atoms with E-state index in [-0.39, 0.29) is 0 Å². The van der Waals surface area contributed by atoms with Crippen LogP contribution in [0.15, 0.2) is 65.5 Å². The second-order valence-corrected chi connectivity index (χ2v) is 8.73. The van der Waals surface area contributed by atoms with Crippen molar-refractivity contribution in [1.29, 1.82) is 0 Å². The van der Waals surface area contributed by atoms with Gasteiger partial charge in [0.2, 0.25) is 5.13 Å². The standard InChI is InChI=1S/C20H13BrClN7S/c1-28(20-27-26-19(30-20)12-5-7-13(21)8-6-12)17-16-10-25-29(18(16)24-11-23-17)15-4-2-3-14(22)9-15/h2-11H,1H3. The van der Waals surface area contributed by atoms with Crippen LogP contribution in [0.2, 0.25) is 5.02 Å². The van der Waals surface area contributed by atoms with Crippen LogP contribution in [0.4, 0.5) is 10.9 Å². The Labute approximate surface area is 189 Å². The van der Waals surface area contributed by atoms with E-state index in [2.05, 4.69) is 41.2 Å². The molecule has 5 rings (SSSR count). The maximum absolute atomic E-state index is 6.14. The minimum Gasteiger partial charge on any atom is -0.303 e. The van der Waals surface area contributed by atoms with Gasteiger partial charge in [0.05, 0.1) is 17.3 Å². The van der Waals surface area contributed by atoms with Gasteiger partial charge in [-0.05, 0) is 30.3 Å². The zero-order valence-corrected chi connectivity index (χ0v) is 18.7. The van der Waals surface area contributed by atoms with Crippen molar-refractivity contribution in [1.82, 2.24) is 29.9 Å². The minimum atomic E-state index is 0.636. The molecule has 0 radical (unpaired) electrons. The normalized spacial score (nSPS) is 11.2. The highest BCUT2D eigenvalue weighted by atomic mass is 79.9. The molecule has 30 heavy (non-hydrogen) atoms. The molecule has 0 fully saturated rings. The lowest BCUT2D eigenvalue weighted by molar-refractivity contribution is 0.895. The second kappa shape index (κ2) is 7.75. The monoisotopic (exact) mass is 497 g/mol. The van der Waals surface area contributed by atoms with E-state index in [1.807, 2.05) is 60.5 Å². The van der Waals surface area contributed by atoms with Crippen LogP contribution in [0.25, 0.3) is 27.3 Å². The number of aromatic nitrogens is 6. The molecule has 0 aliphatic heterocycles. The molecule has 5 aromatic rings. The molecule has 10 heteroatoms. The Morgan fingerprint density at radius 2 is 1.90 bits per heavy atom. The number of halogens is 2. The molecule has 0 spiro atoms. The van der Waals surface area contributed by atoms with Gasteiger partial charge in [0, 0.05) is 22.1 Å². The van der Waals surface area contributed by atoms with Crippen molar-refractivity contribution in [2.24, 2.45) is 0 Å². The van der Waals surface area contributed by atoms with E-state index in [0.29, 0.717) is 16.5 Å². The summed E-state index contributed by atoms with van der Waals surface area (Å²) in [5.41, 5.74) is 2.53. The fourth-order valence-electron chi connectivity index (χ4n) is 3.05. The van der Waals surface area contributed by atoms with Gasteiger partial charge in [0.25, 0.3) is 0 Å². The summed E-state index contributed by atoms with van der Waals surface area (Å²) < 4.78 is 2.77. The van der Waals surface area contributed by atoms with Crippen molar-refractivity contribution >= 4 is 60.9 Å². The number of hydrogen-bond donors (Lipinski definition) is 0. The molecule has 0 aliphatic carbocycles. The van der Waals surface area contributed by atoms with Crippen molar-refractivity contribution in [3.8, 4) is 16.3 Å². The quantitative estimate of drug-likeness (QED) is 0.325. The molecule has 0 unspecified atom stereocenters. The van der Waals surface area contributed by atoms with Crippen molar-refractivity contribution < 1.29 is 0 Å². The average Bonchev–Trinajstić information content (AvgIpc) is 3.41. The molecule has 7 nitrogen and oxygen atoms in total. The first-order chi connectivity index (χ1) is 14.6. The molecule has 0 N–H and O–H groups in total. The maximum Gasteiger partial charge on any atom is 0.213 e. The lowest BCUT2D eigenvalue weighted by atomic mass is 10.2.